The van der Waals surface area contributed by atoms with Gasteiger partial charge in [-0.15, -0.1) is 0 Å². The maximum Gasteiger partial charge on any atom is 0.227 e. The number of oxazole rings is 3. The second-order valence-corrected chi connectivity index (χ2v) is 12.2. The van der Waals surface area contributed by atoms with Gasteiger partial charge in [0.1, 0.15) is 11.0 Å². The van der Waals surface area contributed by atoms with Crippen LogP contribution < -0.4 is 4.90 Å². The molecule has 3 aromatic heterocycles. The Kier molecular flexibility index (Phi) is 6.54. The van der Waals surface area contributed by atoms with Crippen LogP contribution in [0.3, 0.4) is 0 Å². The predicted octanol–water partition coefficient (Wildman–Crippen LogP) is 10.5. The van der Waals surface area contributed by atoms with Crippen molar-refractivity contribution in [2.75, 3.05) is 4.90 Å². The highest BCUT2D eigenvalue weighted by atomic mass is 16.4. The lowest BCUT2D eigenvalue weighted by molar-refractivity contribution is 0.361. The summed E-state index contributed by atoms with van der Waals surface area (Å²) in [5.74, 6) is 3.46. The normalized spacial score (nSPS) is 15.3. The van der Waals surface area contributed by atoms with Gasteiger partial charge in [-0.1, -0.05) is 43.5 Å². The molecule has 7 heteroatoms. The number of aryl methyl sites for hydroxylation is 1. The molecule has 0 amide bonds. The molecule has 3 heterocycles. The van der Waals surface area contributed by atoms with Gasteiger partial charge in [0.15, 0.2) is 22.8 Å². The van der Waals surface area contributed by atoms with Crippen molar-refractivity contribution in [1.82, 2.24) is 15.0 Å². The Balaban J connectivity index is 1.08. The third kappa shape index (κ3) is 4.88. The van der Waals surface area contributed by atoms with Crippen molar-refractivity contribution in [3.05, 3.63) is 120 Å². The minimum absolute atomic E-state index is 0.436. The van der Waals surface area contributed by atoms with Crippen molar-refractivity contribution < 1.29 is 13.3 Å². The SMILES string of the molecule is C1=C(N(c2ccc(-c3nc4ccccc4o3)cc2)c2ccc(-c3nc4ccccc4o3)cc2)CCc2nc(C3CCCCC3)oc21. The van der Waals surface area contributed by atoms with Gasteiger partial charge < -0.3 is 18.2 Å². The van der Waals surface area contributed by atoms with Crippen LogP contribution >= 0.6 is 0 Å². The number of aromatic nitrogens is 3. The van der Waals surface area contributed by atoms with Gasteiger partial charge in [-0.3, -0.25) is 0 Å². The number of hydrogen-bond acceptors (Lipinski definition) is 7. The summed E-state index contributed by atoms with van der Waals surface area (Å²) in [6.45, 7) is 0. The van der Waals surface area contributed by atoms with Crippen LogP contribution in [0.5, 0.6) is 0 Å². The number of hydrogen-bond donors (Lipinski definition) is 0. The van der Waals surface area contributed by atoms with Crippen LogP contribution in [0, 0.1) is 0 Å². The average Bonchev–Trinajstić information content (AvgIpc) is 3.86. The minimum Gasteiger partial charge on any atom is -0.441 e. The second-order valence-electron chi connectivity index (χ2n) is 12.2. The Labute approximate surface area is 266 Å². The molecule has 2 aliphatic carbocycles. The van der Waals surface area contributed by atoms with Gasteiger partial charge in [0.25, 0.3) is 0 Å². The Morgan fingerprint density at radius 1 is 0.565 bits per heavy atom. The average molecular weight is 605 g/mol. The molecule has 46 heavy (non-hydrogen) atoms. The monoisotopic (exact) mass is 604 g/mol. The quantitative estimate of drug-likeness (QED) is 0.187. The number of anilines is 2. The summed E-state index contributed by atoms with van der Waals surface area (Å²) in [6, 6.07) is 32.5. The van der Waals surface area contributed by atoms with Crippen molar-refractivity contribution in [2.45, 2.75) is 50.9 Å². The Hall–Kier alpha value is -5.43. The zero-order chi connectivity index (χ0) is 30.5. The van der Waals surface area contributed by atoms with Crippen molar-refractivity contribution in [1.29, 1.82) is 0 Å². The van der Waals surface area contributed by atoms with Crippen LogP contribution in [0.4, 0.5) is 11.4 Å². The Morgan fingerprint density at radius 2 is 1.13 bits per heavy atom. The molecular weight excluding hydrogens is 572 g/mol. The molecule has 0 atom stereocenters. The molecule has 0 saturated heterocycles. The highest BCUT2D eigenvalue weighted by Crippen LogP contribution is 2.40. The first-order valence-electron chi connectivity index (χ1n) is 16.2. The highest BCUT2D eigenvalue weighted by molar-refractivity contribution is 5.80. The van der Waals surface area contributed by atoms with E-state index in [1.54, 1.807) is 0 Å². The highest BCUT2D eigenvalue weighted by Gasteiger charge is 2.27. The second kappa shape index (κ2) is 11.2. The molecule has 1 fully saturated rings. The van der Waals surface area contributed by atoms with E-state index in [4.69, 9.17) is 28.2 Å². The standard InChI is InChI=1S/C39H32N4O3/c1-2-8-25(9-3-1)37-42-33-23-22-30(24-36(33)46-37)43(28-18-14-26(15-19-28)38-40-31-10-4-6-12-34(31)44-38)29-20-16-27(17-21-29)39-41-32-11-5-7-13-35(32)45-39/h4-7,10-21,24-25H,1-3,8-9,22-23H2. The fourth-order valence-electron chi connectivity index (χ4n) is 6.82. The lowest BCUT2D eigenvalue weighted by Gasteiger charge is -2.29. The predicted molar refractivity (Wildman–Crippen MR) is 180 cm³/mol. The largest absolute Gasteiger partial charge is 0.441 e. The van der Waals surface area contributed by atoms with Crippen molar-refractivity contribution in [2.24, 2.45) is 0 Å². The van der Waals surface area contributed by atoms with E-state index in [1.807, 2.05) is 48.5 Å². The molecule has 0 radical (unpaired) electrons. The molecule has 226 valence electrons. The zero-order valence-corrected chi connectivity index (χ0v) is 25.4. The first kappa shape index (κ1) is 26.9. The van der Waals surface area contributed by atoms with Gasteiger partial charge in [-0.05, 0) is 98.5 Å². The van der Waals surface area contributed by atoms with Gasteiger partial charge in [0, 0.05) is 40.2 Å². The minimum atomic E-state index is 0.436. The third-order valence-corrected chi connectivity index (χ3v) is 9.23. The van der Waals surface area contributed by atoms with E-state index >= 15 is 0 Å². The van der Waals surface area contributed by atoms with Crippen molar-refractivity contribution >= 4 is 39.7 Å². The third-order valence-electron chi connectivity index (χ3n) is 9.23. The summed E-state index contributed by atoms with van der Waals surface area (Å²) in [6.07, 6.45) is 10.0. The molecule has 4 aromatic carbocycles. The van der Waals surface area contributed by atoms with E-state index in [0.29, 0.717) is 17.7 Å². The van der Waals surface area contributed by atoms with Gasteiger partial charge in [0.2, 0.25) is 11.8 Å². The van der Waals surface area contributed by atoms with Crippen LogP contribution in [-0.2, 0) is 6.42 Å². The lowest BCUT2D eigenvalue weighted by Crippen LogP contribution is -2.19. The van der Waals surface area contributed by atoms with E-state index in [2.05, 4.69) is 59.5 Å². The molecular formula is C39H32N4O3. The molecule has 9 rings (SSSR count). The maximum atomic E-state index is 6.45. The molecule has 7 nitrogen and oxygen atoms in total. The molecule has 0 unspecified atom stereocenters. The first-order chi connectivity index (χ1) is 22.7. The number of rotatable bonds is 6. The van der Waals surface area contributed by atoms with Crippen molar-refractivity contribution in [3.8, 4) is 22.9 Å². The Bertz CT molecular complexity index is 2010. The molecule has 0 aliphatic heterocycles. The molecule has 0 bridgehead atoms. The fourth-order valence-corrected chi connectivity index (χ4v) is 6.82. The van der Waals surface area contributed by atoms with Gasteiger partial charge in [0.05, 0.1) is 5.69 Å². The Morgan fingerprint density at radius 3 is 1.70 bits per heavy atom. The lowest BCUT2D eigenvalue weighted by atomic mass is 9.89. The topological polar surface area (TPSA) is 81.3 Å². The van der Waals surface area contributed by atoms with Gasteiger partial charge in [-0.2, -0.15) is 0 Å². The van der Waals surface area contributed by atoms with Crippen LogP contribution in [0.25, 0.3) is 51.2 Å². The number of para-hydroxylation sites is 4. The fraction of sp³-hybridized carbons (Fsp3) is 0.205. The zero-order valence-electron chi connectivity index (χ0n) is 25.4. The number of nitrogens with zero attached hydrogens (tertiary/aromatic N) is 4. The maximum absolute atomic E-state index is 6.45. The van der Waals surface area contributed by atoms with E-state index in [0.717, 1.165) is 80.6 Å². The summed E-state index contributed by atoms with van der Waals surface area (Å²) in [5.41, 5.74) is 9.43. The van der Waals surface area contributed by atoms with E-state index < -0.39 is 0 Å². The van der Waals surface area contributed by atoms with Crippen LogP contribution in [0.15, 0.2) is 116 Å². The number of benzene rings is 4. The summed E-state index contributed by atoms with van der Waals surface area (Å²) in [5, 5.41) is 0. The summed E-state index contributed by atoms with van der Waals surface area (Å²) < 4.78 is 18.6. The van der Waals surface area contributed by atoms with E-state index in [9.17, 15) is 0 Å². The number of allylic oxidation sites excluding steroid dienone is 1. The molecule has 1 saturated carbocycles. The summed E-state index contributed by atoms with van der Waals surface area (Å²) in [4.78, 5) is 16.7. The first-order valence-corrected chi connectivity index (χ1v) is 16.2. The van der Waals surface area contributed by atoms with Crippen LogP contribution in [0.2, 0.25) is 0 Å². The van der Waals surface area contributed by atoms with E-state index in [-0.39, 0.29) is 0 Å². The molecule has 0 spiro atoms. The summed E-state index contributed by atoms with van der Waals surface area (Å²) >= 11 is 0. The molecule has 0 N–H and O–H groups in total. The van der Waals surface area contributed by atoms with Gasteiger partial charge in [-0.25, -0.2) is 15.0 Å². The van der Waals surface area contributed by atoms with Gasteiger partial charge >= 0.3 is 0 Å². The summed E-state index contributed by atoms with van der Waals surface area (Å²) in [7, 11) is 0. The number of fused-ring (bicyclic) bond motifs is 3. The molecule has 7 aromatic rings. The van der Waals surface area contributed by atoms with E-state index in [1.165, 1.54) is 32.1 Å². The van der Waals surface area contributed by atoms with Crippen LogP contribution in [0.1, 0.15) is 61.8 Å². The van der Waals surface area contributed by atoms with Crippen LogP contribution in [-0.4, -0.2) is 15.0 Å². The molecule has 2 aliphatic rings. The van der Waals surface area contributed by atoms with Crippen molar-refractivity contribution in [3.63, 3.8) is 0 Å². The smallest absolute Gasteiger partial charge is 0.227 e.